The molecule has 104 valence electrons. The lowest BCUT2D eigenvalue weighted by Gasteiger charge is -1.91. The van der Waals surface area contributed by atoms with Crippen molar-refractivity contribution in [2.75, 3.05) is 0 Å². The van der Waals surface area contributed by atoms with E-state index < -0.39 is 11.6 Å². The summed E-state index contributed by atoms with van der Waals surface area (Å²) >= 11 is 0. The van der Waals surface area contributed by atoms with Gasteiger partial charge < -0.3 is 0 Å². The van der Waals surface area contributed by atoms with Gasteiger partial charge in [0.15, 0.2) is 0 Å². The van der Waals surface area contributed by atoms with Crippen LogP contribution in [0.1, 0.15) is 30.5 Å². The van der Waals surface area contributed by atoms with Gasteiger partial charge in [-0.15, -0.1) is 0 Å². The Morgan fingerprint density at radius 1 is 0.632 bits per heavy atom. The average Bonchev–Trinajstić information content (AvgIpc) is 2.30. The summed E-state index contributed by atoms with van der Waals surface area (Å²) in [5.74, 6) is -1.04. The zero-order valence-electron chi connectivity index (χ0n) is 12.3. The molecule has 0 heterocycles. The summed E-state index contributed by atoms with van der Waals surface area (Å²) in [4.78, 5) is 0. The second kappa shape index (κ2) is 9.26. The molecule has 0 aliphatic heterocycles. The number of hydrogen-bond donors (Lipinski definition) is 0. The van der Waals surface area contributed by atoms with Crippen LogP contribution in [0.3, 0.4) is 0 Å². The quantitative estimate of drug-likeness (QED) is 0.580. The Balaban J connectivity index is 0.000000303. The summed E-state index contributed by atoms with van der Waals surface area (Å²) < 4.78 is 24.4. The second-order valence-electron chi connectivity index (χ2n) is 4.10. The molecule has 0 unspecified atom stereocenters. The number of aryl methyl sites for hydroxylation is 3. The molecule has 0 nitrogen and oxygen atoms in total. The van der Waals surface area contributed by atoms with Crippen LogP contribution in [0.2, 0.25) is 0 Å². The first kappa shape index (κ1) is 17.3. The highest BCUT2D eigenvalue weighted by Crippen LogP contribution is 2.05. The maximum absolute atomic E-state index is 12.2. The maximum Gasteiger partial charge on any atom is 0.126 e. The molecule has 0 saturated heterocycles. The Labute approximate surface area is 115 Å². The largest absolute Gasteiger partial charge is 0.207 e. The van der Waals surface area contributed by atoms with Gasteiger partial charge >= 0.3 is 0 Å². The summed E-state index contributed by atoms with van der Waals surface area (Å²) in [5.41, 5.74) is 3.28. The summed E-state index contributed by atoms with van der Waals surface area (Å²) in [7, 11) is 0. The third kappa shape index (κ3) is 8.09. The minimum Gasteiger partial charge on any atom is -0.207 e. The number of hydrogen-bond acceptors (Lipinski definition) is 0. The fourth-order valence-corrected chi connectivity index (χ4v) is 1.50. The molecule has 2 aromatic carbocycles. The van der Waals surface area contributed by atoms with Crippen LogP contribution in [0.4, 0.5) is 8.78 Å². The van der Waals surface area contributed by atoms with Crippen LogP contribution < -0.4 is 0 Å². The SMILES string of the molecule is CC.Cc1cc(F)cc(F)c1.Cc1cccc(C)c1. The van der Waals surface area contributed by atoms with E-state index in [2.05, 4.69) is 38.1 Å². The standard InChI is InChI=1S/C8H10.C7H6F2.C2H6/c1-7-4-3-5-8(2)6-7;1-5-2-6(8)4-7(9)3-5;1-2/h3-6H,1-2H3;2-4H,1H3;1-2H3. The first-order chi connectivity index (χ1) is 8.97. The zero-order chi connectivity index (χ0) is 14.8. The summed E-state index contributed by atoms with van der Waals surface area (Å²) in [6.45, 7) is 9.85. The Morgan fingerprint density at radius 2 is 1.05 bits per heavy atom. The molecule has 0 N–H and O–H groups in total. The Hall–Kier alpha value is -1.70. The van der Waals surface area contributed by atoms with Gasteiger partial charge in [-0.1, -0.05) is 49.2 Å². The highest BCUT2D eigenvalue weighted by Gasteiger charge is 1.93. The van der Waals surface area contributed by atoms with Crippen LogP contribution >= 0.6 is 0 Å². The molecule has 0 amide bonds. The molecule has 2 rings (SSSR count). The fourth-order valence-electron chi connectivity index (χ4n) is 1.50. The van der Waals surface area contributed by atoms with Crippen molar-refractivity contribution >= 4 is 0 Å². The molecule has 0 atom stereocenters. The monoisotopic (exact) mass is 264 g/mol. The molecule has 0 fully saturated rings. The van der Waals surface area contributed by atoms with Crippen LogP contribution in [-0.4, -0.2) is 0 Å². The predicted octanol–water partition coefficient (Wildman–Crippen LogP) is 5.60. The Kier molecular flexibility index (Phi) is 8.43. The molecule has 0 aromatic heterocycles. The lowest BCUT2D eigenvalue weighted by molar-refractivity contribution is 0.581. The third-order valence-electron chi connectivity index (χ3n) is 2.18. The van der Waals surface area contributed by atoms with Crippen LogP contribution in [0.25, 0.3) is 0 Å². The van der Waals surface area contributed by atoms with Gasteiger partial charge in [0.2, 0.25) is 0 Å². The van der Waals surface area contributed by atoms with Gasteiger partial charge in [-0.05, 0) is 38.5 Å². The topological polar surface area (TPSA) is 0 Å². The van der Waals surface area contributed by atoms with E-state index in [0.29, 0.717) is 5.56 Å². The van der Waals surface area contributed by atoms with Crippen molar-refractivity contribution in [3.63, 3.8) is 0 Å². The average molecular weight is 264 g/mol. The Bertz CT molecular complexity index is 423. The second-order valence-corrected chi connectivity index (χ2v) is 4.10. The molecule has 0 saturated carbocycles. The predicted molar refractivity (Wildman–Crippen MR) is 78.4 cm³/mol. The Morgan fingerprint density at radius 3 is 1.32 bits per heavy atom. The fraction of sp³-hybridized carbons (Fsp3) is 0.294. The van der Waals surface area contributed by atoms with Gasteiger partial charge in [0.25, 0.3) is 0 Å². The van der Waals surface area contributed by atoms with Crippen LogP contribution in [-0.2, 0) is 0 Å². The molecule has 19 heavy (non-hydrogen) atoms. The van der Waals surface area contributed by atoms with Crippen molar-refractivity contribution < 1.29 is 8.78 Å². The molecule has 0 bridgehead atoms. The van der Waals surface area contributed by atoms with E-state index in [1.807, 2.05) is 13.8 Å². The van der Waals surface area contributed by atoms with E-state index in [9.17, 15) is 8.78 Å². The normalized spacial score (nSPS) is 8.79. The van der Waals surface area contributed by atoms with Crippen molar-refractivity contribution in [2.24, 2.45) is 0 Å². The van der Waals surface area contributed by atoms with Gasteiger partial charge in [0.1, 0.15) is 11.6 Å². The van der Waals surface area contributed by atoms with Gasteiger partial charge in [0.05, 0.1) is 0 Å². The molecule has 2 heteroatoms. The minimum absolute atomic E-state index is 0.521. The van der Waals surface area contributed by atoms with Gasteiger partial charge in [-0.2, -0.15) is 0 Å². The molecule has 0 aliphatic rings. The minimum atomic E-state index is -0.521. The molecular formula is C17H22F2. The van der Waals surface area contributed by atoms with Crippen LogP contribution in [0.5, 0.6) is 0 Å². The highest BCUT2D eigenvalue weighted by atomic mass is 19.1. The first-order valence-electron chi connectivity index (χ1n) is 6.43. The van der Waals surface area contributed by atoms with Crippen LogP contribution in [0.15, 0.2) is 42.5 Å². The van der Waals surface area contributed by atoms with Gasteiger partial charge in [-0.25, -0.2) is 8.78 Å². The van der Waals surface area contributed by atoms with E-state index in [1.165, 1.54) is 23.3 Å². The van der Waals surface area contributed by atoms with E-state index in [0.717, 1.165) is 6.07 Å². The van der Waals surface area contributed by atoms with Crippen molar-refractivity contribution in [3.8, 4) is 0 Å². The van der Waals surface area contributed by atoms with Crippen molar-refractivity contribution in [2.45, 2.75) is 34.6 Å². The summed E-state index contributed by atoms with van der Waals surface area (Å²) in [6.07, 6.45) is 0. The van der Waals surface area contributed by atoms with E-state index >= 15 is 0 Å². The smallest absolute Gasteiger partial charge is 0.126 e. The number of rotatable bonds is 0. The van der Waals surface area contributed by atoms with Crippen LogP contribution in [0, 0.1) is 32.4 Å². The van der Waals surface area contributed by atoms with Crippen molar-refractivity contribution in [1.29, 1.82) is 0 Å². The van der Waals surface area contributed by atoms with Crippen molar-refractivity contribution in [1.82, 2.24) is 0 Å². The molecule has 2 aromatic rings. The number of benzene rings is 2. The van der Waals surface area contributed by atoms with Gasteiger partial charge in [-0.3, -0.25) is 0 Å². The van der Waals surface area contributed by atoms with E-state index in [1.54, 1.807) is 6.92 Å². The lowest BCUT2D eigenvalue weighted by atomic mass is 10.2. The van der Waals surface area contributed by atoms with Gasteiger partial charge in [0, 0.05) is 6.07 Å². The summed E-state index contributed by atoms with van der Waals surface area (Å²) in [5, 5.41) is 0. The molecular weight excluding hydrogens is 242 g/mol. The highest BCUT2D eigenvalue weighted by molar-refractivity contribution is 5.20. The summed E-state index contributed by atoms with van der Waals surface area (Å²) in [6, 6.07) is 11.9. The van der Waals surface area contributed by atoms with E-state index in [4.69, 9.17) is 0 Å². The molecule has 0 aliphatic carbocycles. The van der Waals surface area contributed by atoms with Crippen molar-refractivity contribution in [3.05, 3.63) is 70.8 Å². The lowest BCUT2D eigenvalue weighted by Crippen LogP contribution is -1.80. The third-order valence-corrected chi connectivity index (χ3v) is 2.18. The molecule has 0 radical (unpaired) electrons. The number of halogens is 2. The molecule has 0 spiro atoms. The first-order valence-corrected chi connectivity index (χ1v) is 6.43. The maximum atomic E-state index is 12.2. The zero-order valence-corrected chi connectivity index (χ0v) is 12.3. The van der Waals surface area contributed by atoms with E-state index in [-0.39, 0.29) is 0 Å².